The number of Topliss-reactive ketones (excluding diaryl/α,β-unsaturated/α-hetero) is 1. The molecule has 5 heteroatoms. The number of fused-ring (bicyclic) bond motifs is 3. The van der Waals surface area contributed by atoms with Crippen LogP contribution in [0.3, 0.4) is 0 Å². The van der Waals surface area contributed by atoms with E-state index in [1.807, 2.05) is 0 Å². The third-order valence-electron chi connectivity index (χ3n) is 6.85. The van der Waals surface area contributed by atoms with Gasteiger partial charge in [0.2, 0.25) is 0 Å². The molecule has 4 nitrogen and oxygen atoms in total. The van der Waals surface area contributed by atoms with Crippen LogP contribution in [0.2, 0.25) is 0 Å². The fraction of sp³-hybridized carbons (Fsp3) is 0.458. The average molecular weight is 394 g/mol. The number of likely N-dealkylation sites (tertiary alicyclic amines) is 1. The van der Waals surface area contributed by atoms with Crippen LogP contribution >= 0.6 is 0 Å². The number of rotatable bonds is 5. The lowest BCUT2D eigenvalue weighted by molar-refractivity contribution is 0.0971. The van der Waals surface area contributed by atoms with E-state index >= 15 is 0 Å². The minimum atomic E-state index is -0.299. The Bertz CT molecular complexity index is 913. The average Bonchev–Trinajstić information content (AvgIpc) is 3.07. The molecule has 0 radical (unpaired) electrons. The number of anilines is 2. The van der Waals surface area contributed by atoms with E-state index in [1.165, 1.54) is 35.5 Å². The number of ketones is 1. The molecule has 3 aliphatic rings. The summed E-state index contributed by atoms with van der Waals surface area (Å²) in [4.78, 5) is 17.5. The molecular weight excluding hydrogens is 365 g/mol. The Labute approximate surface area is 171 Å². The van der Waals surface area contributed by atoms with Crippen molar-refractivity contribution in [3.05, 3.63) is 59.4 Å². The smallest absolute Gasteiger partial charge is 0.162 e. The summed E-state index contributed by atoms with van der Waals surface area (Å²) in [5.41, 5.74) is 4.80. The maximum Gasteiger partial charge on any atom is 0.162 e. The van der Waals surface area contributed by atoms with Crippen LogP contribution in [0.4, 0.5) is 15.8 Å². The van der Waals surface area contributed by atoms with Crippen LogP contribution in [0.1, 0.15) is 48.0 Å². The Kier molecular flexibility index (Phi) is 4.78. The summed E-state index contributed by atoms with van der Waals surface area (Å²) in [6.07, 6.45) is 2.54. The van der Waals surface area contributed by atoms with E-state index in [9.17, 15) is 9.18 Å². The molecule has 29 heavy (non-hydrogen) atoms. The fourth-order valence-electron chi connectivity index (χ4n) is 5.45. The van der Waals surface area contributed by atoms with Crippen LogP contribution in [-0.4, -0.2) is 48.9 Å². The van der Waals surface area contributed by atoms with E-state index in [0.29, 0.717) is 30.0 Å². The Morgan fingerprint density at radius 2 is 2.03 bits per heavy atom. The molecule has 0 spiro atoms. The summed E-state index contributed by atoms with van der Waals surface area (Å²) < 4.78 is 13.0. The van der Waals surface area contributed by atoms with Crippen LogP contribution < -0.4 is 10.2 Å². The number of nitrogens with one attached hydrogen (secondary N) is 1. The van der Waals surface area contributed by atoms with Gasteiger partial charge in [-0.15, -0.1) is 0 Å². The van der Waals surface area contributed by atoms with Crippen molar-refractivity contribution >= 4 is 17.2 Å². The molecule has 1 fully saturated rings. The number of nitrogens with zero attached hydrogens (tertiary/aromatic N) is 2. The van der Waals surface area contributed by atoms with Crippen molar-refractivity contribution < 1.29 is 9.18 Å². The molecule has 152 valence electrons. The lowest BCUT2D eigenvalue weighted by atomic mass is 9.88. The Hall–Kier alpha value is -2.40. The normalized spacial score (nSPS) is 25.3. The molecule has 0 bridgehead atoms. The van der Waals surface area contributed by atoms with E-state index in [-0.39, 0.29) is 11.6 Å². The van der Waals surface area contributed by atoms with Gasteiger partial charge in [-0.1, -0.05) is 12.1 Å². The fourth-order valence-corrected chi connectivity index (χ4v) is 5.45. The van der Waals surface area contributed by atoms with Crippen LogP contribution in [0.15, 0.2) is 42.5 Å². The molecule has 3 heterocycles. The van der Waals surface area contributed by atoms with Crippen LogP contribution in [-0.2, 0) is 0 Å². The maximum atomic E-state index is 13.0. The van der Waals surface area contributed by atoms with Crippen molar-refractivity contribution in [1.29, 1.82) is 0 Å². The van der Waals surface area contributed by atoms with Gasteiger partial charge in [0.1, 0.15) is 5.82 Å². The van der Waals surface area contributed by atoms with Gasteiger partial charge in [0, 0.05) is 49.6 Å². The topological polar surface area (TPSA) is 35.6 Å². The van der Waals surface area contributed by atoms with Crippen molar-refractivity contribution in [3.8, 4) is 0 Å². The van der Waals surface area contributed by atoms with Gasteiger partial charge < -0.3 is 15.1 Å². The van der Waals surface area contributed by atoms with E-state index in [0.717, 1.165) is 32.6 Å². The summed E-state index contributed by atoms with van der Waals surface area (Å²) in [6.45, 7) is 6.43. The van der Waals surface area contributed by atoms with Gasteiger partial charge in [0.15, 0.2) is 5.78 Å². The number of halogens is 1. The van der Waals surface area contributed by atoms with Gasteiger partial charge in [-0.2, -0.15) is 0 Å². The molecule has 0 amide bonds. The second kappa shape index (κ2) is 7.45. The molecule has 0 saturated carbocycles. The number of piperidine rings is 1. The molecule has 3 atom stereocenters. The van der Waals surface area contributed by atoms with Crippen LogP contribution in [0, 0.1) is 5.82 Å². The van der Waals surface area contributed by atoms with Gasteiger partial charge in [-0.05, 0) is 62.2 Å². The van der Waals surface area contributed by atoms with Crippen molar-refractivity contribution in [2.24, 2.45) is 0 Å². The minimum Gasteiger partial charge on any atom is -0.381 e. The highest BCUT2D eigenvalue weighted by atomic mass is 19.1. The van der Waals surface area contributed by atoms with Crippen molar-refractivity contribution in [1.82, 2.24) is 4.90 Å². The summed E-state index contributed by atoms with van der Waals surface area (Å²) in [7, 11) is 0. The third kappa shape index (κ3) is 3.31. The molecule has 1 saturated heterocycles. The predicted molar refractivity (Wildman–Crippen MR) is 114 cm³/mol. The Morgan fingerprint density at radius 1 is 1.21 bits per heavy atom. The van der Waals surface area contributed by atoms with E-state index in [2.05, 4.69) is 40.2 Å². The standard InChI is InChI=1S/C24H28FN3O/c1-16-14-26-21-5-2-4-19-20-15-27(13-11-22(20)28(16)24(19)21)12-3-6-23(29)17-7-9-18(25)10-8-17/h2,4-5,7-10,16,20,22,26H,3,6,11-15H2,1H3/t16-,20?,22?/m0/s1. The van der Waals surface area contributed by atoms with E-state index in [4.69, 9.17) is 0 Å². The van der Waals surface area contributed by atoms with Gasteiger partial charge in [0.25, 0.3) is 0 Å². The van der Waals surface area contributed by atoms with Crippen LogP contribution in [0.25, 0.3) is 0 Å². The number of carbonyl (C=O) groups excluding carboxylic acids is 1. The van der Waals surface area contributed by atoms with Gasteiger partial charge in [-0.25, -0.2) is 4.39 Å². The molecule has 0 aromatic heterocycles. The second-order valence-electron chi connectivity index (χ2n) is 8.68. The number of hydrogen-bond donors (Lipinski definition) is 1. The number of carbonyl (C=O) groups is 1. The molecule has 2 aromatic rings. The molecule has 2 unspecified atom stereocenters. The SMILES string of the molecule is C[C@H]1CNc2cccc3c2N1C1CCN(CCCC(=O)c2ccc(F)cc2)CC31. The van der Waals surface area contributed by atoms with Gasteiger partial charge in [0.05, 0.1) is 11.4 Å². The molecule has 2 aromatic carbocycles. The highest BCUT2D eigenvalue weighted by Crippen LogP contribution is 2.50. The minimum absolute atomic E-state index is 0.104. The number of benzene rings is 2. The maximum absolute atomic E-state index is 13.0. The quantitative estimate of drug-likeness (QED) is 0.769. The molecule has 3 aliphatic heterocycles. The summed E-state index contributed by atoms with van der Waals surface area (Å²) in [5.74, 6) is 0.355. The lowest BCUT2D eigenvalue weighted by Crippen LogP contribution is -2.51. The molecule has 5 rings (SSSR count). The van der Waals surface area contributed by atoms with Crippen molar-refractivity contribution in [2.45, 2.75) is 44.2 Å². The largest absolute Gasteiger partial charge is 0.381 e. The molecular formula is C24H28FN3O. The summed E-state index contributed by atoms with van der Waals surface area (Å²) in [5, 5.41) is 3.59. The van der Waals surface area contributed by atoms with Gasteiger partial charge in [-0.3, -0.25) is 4.79 Å². The highest BCUT2D eigenvalue weighted by molar-refractivity contribution is 5.95. The zero-order valence-electron chi connectivity index (χ0n) is 16.9. The summed E-state index contributed by atoms with van der Waals surface area (Å²) >= 11 is 0. The number of para-hydroxylation sites is 1. The first kappa shape index (κ1) is 18.6. The van der Waals surface area contributed by atoms with Crippen molar-refractivity contribution in [2.75, 3.05) is 36.4 Å². The zero-order valence-corrected chi connectivity index (χ0v) is 16.9. The second-order valence-corrected chi connectivity index (χ2v) is 8.68. The molecule has 0 aliphatic carbocycles. The number of hydrogen-bond acceptors (Lipinski definition) is 4. The van der Waals surface area contributed by atoms with Gasteiger partial charge >= 0.3 is 0 Å². The third-order valence-corrected chi connectivity index (χ3v) is 6.85. The zero-order chi connectivity index (χ0) is 20.0. The van der Waals surface area contributed by atoms with E-state index in [1.54, 1.807) is 12.1 Å². The molecule has 1 N–H and O–H groups in total. The highest BCUT2D eigenvalue weighted by Gasteiger charge is 2.45. The van der Waals surface area contributed by atoms with Crippen molar-refractivity contribution in [3.63, 3.8) is 0 Å². The first-order valence-electron chi connectivity index (χ1n) is 10.8. The Balaban J connectivity index is 1.22. The lowest BCUT2D eigenvalue weighted by Gasteiger charge is -2.43. The van der Waals surface area contributed by atoms with Crippen LogP contribution in [0.5, 0.6) is 0 Å². The summed E-state index contributed by atoms with van der Waals surface area (Å²) in [6, 6.07) is 13.7. The first-order chi connectivity index (χ1) is 14.1. The Morgan fingerprint density at radius 3 is 2.86 bits per heavy atom. The predicted octanol–water partition coefficient (Wildman–Crippen LogP) is 4.28. The monoisotopic (exact) mass is 393 g/mol. The first-order valence-corrected chi connectivity index (χ1v) is 10.8. The van der Waals surface area contributed by atoms with E-state index < -0.39 is 0 Å².